The Kier molecular flexibility index (Phi) is 6.63. The van der Waals surface area contributed by atoms with E-state index >= 15 is 0 Å². The zero-order valence-corrected chi connectivity index (χ0v) is 19.7. The molecule has 1 saturated heterocycles. The number of carbonyl (C=O) groups is 1. The van der Waals surface area contributed by atoms with Gasteiger partial charge in [0.1, 0.15) is 11.6 Å². The summed E-state index contributed by atoms with van der Waals surface area (Å²) in [4.78, 5) is 14.6. The lowest BCUT2D eigenvalue weighted by Crippen LogP contribution is -2.41. The van der Waals surface area contributed by atoms with E-state index in [2.05, 4.69) is 27.8 Å². The first-order valence-electron chi connectivity index (χ1n) is 11.8. The minimum atomic E-state index is -0.537. The summed E-state index contributed by atoms with van der Waals surface area (Å²) in [5.41, 5.74) is 3.55. The van der Waals surface area contributed by atoms with Crippen LogP contribution in [0.25, 0.3) is 0 Å². The van der Waals surface area contributed by atoms with Crippen LogP contribution in [0.15, 0.2) is 36.4 Å². The Morgan fingerprint density at radius 2 is 1.94 bits per heavy atom. The maximum absolute atomic E-state index is 14.7. The second-order valence-electron chi connectivity index (χ2n) is 9.48. The molecule has 1 amide bonds. The van der Waals surface area contributed by atoms with Gasteiger partial charge in [-0.1, -0.05) is 36.2 Å². The van der Waals surface area contributed by atoms with E-state index in [1.807, 2.05) is 6.07 Å². The summed E-state index contributed by atoms with van der Waals surface area (Å²) in [6.45, 7) is 2.39. The molecule has 2 atom stereocenters. The van der Waals surface area contributed by atoms with Gasteiger partial charge in [-0.15, -0.1) is 0 Å². The van der Waals surface area contributed by atoms with Gasteiger partial charge in [0, 0.05) is 18.7 Å². The van der Waals surface area contributed by atoms with Crippen molar-refractivity contribution in [3.05, 3.63) is 64.5 Å². The molecule has 176 valence electrons. The van der Waals surface area contributed by atoms with E-state index in [4.69, 9.17) is 4.74 Å². The van der Waals surface area contributed by atoms with E-state index in [1.54, 1.807) is 12.3 Å². The first kappa shape index (κ1) is 22.7. The van der Waals surface area contributed by atoms with Gasteiger partial charge >= 0.3 is 0 Å². The summed E-state index contributed by atoms with van der Waals surface area (Å²) >= 11 is 1.16. The van der Waals surface area contributed by atoms with E-state index in [1.165, 1.54) is 17.2 Å². The Hall–Kier alpha value is -2.09. The molecule has 5 rings (SSSR count). The van der Waals surface area contributed by atoms with Gasteiger partial charge in [0.25, 0.3) is 5.91 Å². The smallest absolute Gasteiger partial charge is 0.264 e. The lowest BCUT2D eigenvalue weighted by molar-refractivity contribution is 0.0332. The van der Waals surface area contributed by atoms with Crippen molar-refractivity contribution >= 4 is 17.9 Å². The summed E-state index contributed by atoms with van der Waals surface area (Å²) in [6, 6.07) is 11.5. The number of fused-ring (bicyclic) bond motifs is 1. The molecule has 1 saturated carbocycles. The third kappa shape index (κ3) is 4.77. The van der Waals surface area contributed by atoms with Gasteiger partial charge in [-0.05, 0) is 73.4 Å². The minimum Gasteiger partial charge on any atom is -0.493 e. The fraction of sp³-hybridized carbons (Fsp3) is 0.500. The number of benzene rings is 2. The van der Waals surface area contributed by atoms with E-state index in [0.29, 0.717) is 24.2 Å². The third-order valence-electron chi connectivity index (χ3n) is 7.24. The molecule has 0 radical (unpaired) electrons. The van der Waals surface area contributed by atoms with Crippen LogP contribution in [-0.2, 0) is 6.42 Å². The number of nitrogens with one attached hydrogen (secondary N) is 1. The van der Waals surface area contributed by atoms with Crippen molar-refractivity contribution in [1.29, 1.82) is 0 Å². The molecule has 2 aromatic carbocycles. The monoisotopic (exact) mass is 470 g/mol. The summed E-state index contributed by atoms with van der Waals surface area (Å²) in [7, 11) is 0. The first-order valence-corrected chi connectivity index (χ1v) is 13.1. The maximum Gasteiger partial charge on any atom is 0.264 e. The molecule has 1 heterocycles. The number of halogens is 1. The Morgan fingerprint density at radius 3 is 2.67 bits per heavy atom. The van der Waals surface area contributed by atoms with Gasteiger partial charge in [0.2, 0.25) is 0 Å². The predicted octanol–water partition coefficient (Wildman–Crippen LogP) is 4.46. The Labute approximate surface area is 198 Å². The molecule has 7 heteroatoms. The number of rotatable bonds is 7. The van der Waals surface area contributed by atoms with Crippen molar-refractivity contribution in [2.75, 3.05) is 26.0 Å². The largest absolute Gasteiger partial charge is 0.493 e. The molecule has 2 fully saturated rings. The van der Waals surface area contributed by atoms with Crippen molar-refractivity contribution in [2.45, 2.75) is 50.2 Å². The quantitative estimate of drug-likeness (QED) is 0.585. The molecule has 2 aromatic rings. The fourth-order valence-electron chi connectivity index (χ4n) is 5.33. The average Bonchev–Trinajstić information content (AvgIpc) is 3.60. The highest BCUT2D eigenvalue weighted by atomic mass is 32.2. The molecule has 1 aliphatic heterocycles. The molecule has 0 spiro atoms. The molecular formula is C26H31FN2O3S. The molecule has 3 aliphatic rings. The number of ether oxygens (including phenoxy) is 1. The van der Waals surface area contributed by atoms with E-state index in [-0.39, 0.29) is 17.7 Å². The zero-order valence-electron chi connectivity index (χ0n) is 18.9. The standard InChI is InChI=1S/C26H31FN2O3S/c1-33-28-26(31)21-13-20(17-6-7-17)24(14-22(21)27)32-15-16-8-10-29(11-9-16)25-19-5-3-2-4-18(19)12-23(25)30/h2-5,13-14,16-17,23,25,30H,6-12,15H2,1H3,(H,28,31). The molecule has 2 unspecified atom stereocenters. The van der Waals surface area contributed by atoms with Gasteiger partial charge < -0.3 is 9.84 Å². The highest BCUT2D eigenvalue weighted by Gasteiger charge is 2.37. The lowest BCUT2D eigenvalue weighted by atomic mass is 9.94. The highest BCUT2D eigenvalue weighted by Crippen LogP contribution is 2.45. The van der Waals surface area contributed by atoms with Crippen molar-refractivity contribution in [2.24, 2.45) is 5.92 Å². The number of aliphatic hydroxyl groups is 1. The van der Waals surface area contributed by atoms with Crippen molar-refractivity contribution in [1.82, 2.24) is 9.62 Å². The summed E-state index contributed by atoms with van der Waals surface area (Å²) in [5, 5.41) is 10.7. The molecule has 5 nitrogen and oxygen atoms in total. The van der Waals surface area contributed by atoms with Crippen LogP contribution in [0.1, 0.15) is 64.7 Å². The molecule has 33 heavy (non-hydrogen) atoms. The topological polar surface area (TPSA) is 61.8 Å². The number of piperidine rings is 1. The molecular weight excluding hydrogens is 439 g/mol. The first-order chi connectivity index (χ1) is 16.0. The second-order valence-corrected chi connectivity index (χ2v) is 10.1. The number of amides is 1. The number of aliphatic hydroxyl groups excluding tert-OH is 1. The Balaban J connectivity index is 1.21. The summed E-state index contributed by atoms with van der Waals surface area (Å²) in [6.07, 6.45) is 6.20. The van der Waals surface area contributed by atoms with Crippen LogP contribution in [0.5, 0.6) is 5.75 Å². The molecule has 0 aromatic heterocycles. The van der Waals surface area contributed by atoms with E-state index in [0.717, 1.165) is 62.7 Å². The van der Waals surface area contributed by atoms with Crippen LogP contribution in [0.4, 0.5) is 4.39 Å². The van der Waals surface area contributed by atoms with Gasteiger partial charge in [0.05, 0.1) is 24.3 Å². The second kappa shape index (κ2) is 9.65. The maximum atomic E-state index is 14.7. The summed E-state index contributed by atoms with van der Waals surface area (Å²) in [5.74, 6) is 0.385. The van der Waals surface area contributed by atoms with Gasteiger partial charge in [-0.2, -0.15) is 0 Å². The number of nitrogens with zero attached hydrogens (tertiary/aromatic N) is 1. The van der Waals surface area contributed by atoms with Crippen LogP contribution >= 0.6 is 11.9 Å². The van der Waals surface area contributed by atoms with Crippen molar-refractivity contribution < 1.29 is 19.0 Å². The van der Waals surface area contributed by atoms with Gasteiger partial charge in [-0.25, -0.2) is 4.39 Å². The van der Waals surface area contributed by atoms with Crippen molar-refractivity contribution in [3.63, 3.8) is 0 Å². The lowest BCUT2D eigenvalue weighted by Gasteiger charge is -2.37. The van der Waals surface area contributed by atoms with Crippen LogP contribution < -0.4 is 9.46 Å². The molecule has 2 N–H and O–H groups in total. The Morgan fingerprint density at radius 1 is 1.18 bits per heavy atom. The van der Waals surface area contributed by atoms with E-state index < -0.39 is 11.7 Å². The Bertz CT molecular complexity index is 1020. The zero-order chi connectivity index (χ0) is 22.9. The molecule has 2 aliphatic carbocycles. The fourth-order valence-corrected chi connectivity index (χ4v) is 5.63. The number of likely N-dealkylation sites (tertiary alicyclic amines) is 1. The van der Waals surface area contributed by atoms with Crippen molar-refractivity contribution in [3.8, 4) is 5.75 Å². The molecule has 0 bridgehead atoms. The highest BCUT2D eigenvalue weighted by molar-refractivity contribution is 7.97. The number of hydrogen-bond acceptors (Lipinski definition) is 5. The van der Waals surface area contributed by atoms with Gasteiger partial charge in [0.15, 0.2) is 0 Å². The number of hydrogen-bond donors (Lipinski definition) is 2. The van der Waals surface area contributed by atoms with Crippen LogP contribution in [0, 0.1) is 11.7 Å². The predicted molar refractivity (Wildman–Crippen MR) is 128 cm³/mol. The number of carbonyl (C=O) groups excluding carboxylic acids is 1. The van der Waals surface area contributed by atoms with Crippen LogP contribution in [0.3, 0.4) is 0 Å². The normalized spacial score (nSPS) is 23.4. The van der Waals surface area contributed by atoms with Crippen LogP contribution in [-0.4, -0.2) is 48.0 Å². The van der Waals surface area contributed by atoms with Gasteiger partial charge in [-0.3, -0.25) is 14.4 Å². The third-order valence-corrected chi connectivity index (χ3v) is 7.63. The van der Waals surface area contributed by atoms with Crippen LogP contribution in [0.2, 0.25) is 0 Å². The minimum absolute atomic E-state index is 0.0820. The average molecular weight is 471 g/mol. The SMILES string of the molecule is CSNC(=O)c1cc(C2CC2)c(OCC2CCN(C3c4ccccc4CC3O)CC2)cc1F. The van der Waals surface area contributed by atoms with E-state index in [9.17, 15) is 14.3 Å². The summed E-state index contributed by atoms with van der Waals surface area (Å²) < 4.78 is 23.4.